The third-order valence-corrected chi connectivity index (χ3v) is 1.69. The maximum absolute atomic E-state index is 10.5. The summed E-state index contributed by atoms with van der Waals surface area (Å²) in [6, 6.07) is 6.61. The second-order valence-corrected chi connectivity index (χ2v) is 2.74. The molecule has 0 aliphatic heterocycles. The molecule has 78 valence electrons. The minimum atomic E-state index is -0.383. The van der Waals surface area contributed by atoms with E-state index in [1.54, 1.807) is 24.3 Å². The van der Waals surface area contributed by atoms with Gasteiger partial charge in [0.2, 0.25) is 5.91 Å². The first-order valence-corrected chi connectivity index (χ1v) is 4.23. The summed E-state index contributed by atoms with van der Waals surface area (Å²) in [5.41, 5.74) is 5.80. The fraction of sp³-hybridized carbons (Fsp3) is 0.222. The molecule has 0 aromatic heterocycles. The van der Waals surface area contributed by atoms with Crippen molar-refractivity contribution in [2.75, 3.05) is 0 Å². The van der Waals surface area contributed by atoms with Crippen molar-refractivity contribution >= 4 is 18.2 Å². The van der Waals surface area contributed by atoms with Crippen molar-refractivity contribution in [2.24, 2.45) is 5.73 Å². The fourth-order valence-electron chi connectivity index (χ4n) is 0.903. The molecule has 6 heteroatoms. The average Bonchev–Trinajstić information content (AvgIpc) is 2.08. The number of carbonyl (C=O) groups is 1. The number of primary amides is 1. The van der Waals surface area contributed by atoms with E-state index in [9.17, 15) is 9.35 Å². The Morgan fingerprint density at radius 3 is 2.33 bits per heavy atom. The molecular weight excluding hydrogens is 241 g/mol. The van der Waals surface area contributed by atoms with E-state index in [0.29, 0.717) is 5.75 Å². The van der Waals surface area contributed by atoms with Crippen LogP contribution in [0.15, 0.2) is 24.3 Å². The van der Waals surface area contributed by atoms with E-state index < -0.39 is 0 Å². The Labute approximate surface area is 136 Å². The number of hydrogen-bond acceptors (Lipinski definition) is 4. The van der Waals surface area contributed by atoms with Crippen molar-refractivity contribution in [2.45, 2.75) is 13.8 Å². The summed E-state index contributed by atoms with van der Waals surface area (Å²) in [6.07, 6.45) is 0.199. The molecule has 1 amide bonds. The number of nitrogens with two attached hydrogens (primary N) is 1. The monoisotopic (exact) mass is 253 g/mol. The van der Waals surface area contributed by atoms with E-state index in [4.69, 9.17) is 5.73 Å². The molecule has 0 bridgehead atoms. The minimum absolute atomic E-state index is 0. The zero-order valence-electron chi connectivity index (χ0n) is 7.73. The predicted molar refractivity (Wildman–Crippen MR) is 55.1 cm³/mol. The van der Waals surface area contributed by atoms with Crippen LogP contribution in [-0.2, 0) is 11.2 Å². The van der Waals surface area contributed by atoms with Crippen molar-refractivity contribution in [1.82, 2.24) is 0 Å². The smallest absolute Gasteiger partial charge is 0.766 e. The van der Waals surface area contributed by atoms with Crippen LogP contribution in [-0.4, -0.2) is 10.5 Å². The van der Waals surface area contributed by atoms with Crippen molar-refractivity contribution in [3.05, 3.63) is 29.8 Å². The Morgan fingerprint density at radius 2 is 1.93 bits per heavy atom. The Balaban J connectivity index is 0. The molecule has 0 fully saturated rings. The van der Waals surface area contributed by atoms with Gasteiger partial charge in [-0.3, -0.25) is 4.79 Å². The zero-order valence-corrected chi connectivity index (χ0v) is 11.7. The topological polar surface area (TPSA) is 75.4 Å². The summed E-state index contributed by atoms with van der Waals surface area (Å²) in [7, 11) is 0. The number of rotatable bonds is 4. The standard InChI is InChI=1S/C8H9NO3S.CH4.K/c9-8(10)5-6-1-3-7(4-2-6)12-13-11;;/h1-4,11H,5H2,(H2,9,10);1H4;/q;;+1/p-1. The summed E-state index contributed by atoms with van der Waals surface area (Å²) < 4.78 is 14.6. The predicted octanol–water partition coefficient (Wildman–Crippen LogP) is -1.49. The summed E-state index contributed by atoms with van der Waals surface area (Å²) >= 11 is 0.0329. The first-order chi connectivity index (χ1) is 6.22. The van der Waals surface area contributed by atoms with Crippen LogP contribution in [0.25, 0.3) is 0 Å². The van der Waals surface area contributed by atoms with Crippen molar-refractivity contribution in [3.63, 3.8) is 0 Å². The van der Waals surface area contributed by atoms with E-state index in [1.807, 2.05) is 0 Å². The molecule has 1 aromatic carbocycles. The molecular formula is C9H12KNO3S. The number of amides is 1. The molecule has 0 radical (unpaired) electrons. The third-order valence-electron chi connectivity index (χ3n) is 1.43. The van der Waals surface area contributed by atoms with Gasteiger partial charge in [-0.15, -0.1) is 0 Å². The van der Waals surface area contributed by atoms with E-state index >= 15 is 0 Å². The van der Waals surface area contributed by atoms with Crippen molar-refractivity contribution < 1.29 is 64.9 Å². The molecule has 0 aliphatic carbocycles. The fourth-order valence-corrected chi connectivity index (χ4v) is 1.09. The van der Waals surface area contributed by atoms with Gasteiger partial charge in [0.05, 0.1) is 6.42 Å². The summed E-state index contributed by atoms with van der Waals surface area (Å²) in [6.45, 7) is 0. The van der Waals surface area contributed by atoms with Gasteiger partial charge in [-0.1, -0.05) is 19.6 Å². The maximum Gasteiger partial charge on any atom is 1.00 e. The van der Waals surface area contributed by atoms with Crippen LogP contribution >= 0.6 is 12.3 Å². The minimum Gasteiger partial charge on any atom is -0.766 e. The van der Waals surface area contributed by atoms with E-state index in [-0.39, 0.29) is 83.5 Å². The number of carbonyl (C=O) groups excluding carboxylic acids is 1. The Hall–Kier alpha value is 0.436. The molecule has 0 saturated carbocycles. The molecule has 0 heterocycles. The van der Waals surface area contributed by atoms with E-state index in [1.165, 1.54) is 0 Å². The molecule has 4 nitrogen and oxygen atoms in total. The molecule has 1 aromatic rings. The van der Waals surface area contributed by atoms with Gasteiger partial charge in [0.25, 0.3) is 0 Å². The molecule has 0 unspecified atom stereocenters. The average molecular weight is 253 g/mol. The Morgan fingerprint density at radius 1 is 1.40 bits per heavy atom. The summed E-state index contributed by atoms with van der Waals surface area (Å²) in [5, 5.41) is 0. The Bertz CT molecular complexity index is 292. The second kappa shape index (κ2) is 9.65. The van der Waals surface area contributed by atoms with Crippen LogP contribution in [0.4, 0.5) is 0 Å². The molecule has 0 spiro atoms. The quantitative estimate of drug-likeness (QED) is 0.524. The first-order valence-electron chi connectivity index (χ1n) is 3.56. The van der Waals surface area contributed by atoms with Crippen LogP contribution < -0.4 is 61.3 Å². The number of hydrogen-bond donors (Lipinski definition) is 1. The van der Waals surface area contributed by atoms with Gasteiger partial charge in [0.1, 0.15) is 5.75 Å². The molecule has 2 N–H and O–H groups in total. The van der Waals surface area contributed by atoms with Gasteiger partial charge in [-0.2, -0.15) is 0 Å². The van der Waals surface area contributed by atoms with Crippen LogP contribution in [0.1, 0.15) is 13.0 Å². The normalized spacial score (nSPS) is 8.33. The molecule has 0 saturated heterocycles. The van der Waals surface area contributed by atoms with E-state index in [0.717, 1.165) is 5.56 Å². The maximum atomic E-state index is 10.5. The van der Waals surface area contributed by atoms with Crippen LogP contribution in [0.5, 0.6) is 5.75 Å². The summed E-state index contributed by atoms with van der Waals surface area (Å²) in [4.78, 5) is 10.5. The molecule has 15 heavy (non-hydrogen) atoms. The Kier molecular flexibility index (Phi) is 11.5. The molecule has 1 rings (SSSR count). The van der Waals surface area contributed by atoms with E-state index in [2.05, 4.69) is 4.18 Å². The van der Waals surface area contributed by atoms with Crippen molar-refractivity contribution in [3.8, 4) is 5.75 Å². The summed E-state index contributed by atoms with van der Waals surface area (Å²) in [5.74, 6) is 0.0834. The van der Waals surface area contributed by atoms with Crippen molar-refractivity contribution in [1.29, 1.82) is 0 Å². The largest absolute Gasteiger partial charge is 1.00 e. The molecule has 0 aliphatic rings. The van der Waals surface area contributed by atoms with Crippen LogP contribution in [0.2, 0.25) is 0 Å². The second-order valence-electron chi connectivity index (χ2n) is 2.44. The van der Waals surface area contributed by atoms with Gasteiger partial charge >= 0.3 is 51.4 Å². The van der Waals surface area contributed by atoms with Crippen LogP contribution in [0.3, 0.4) is 0 Å². The zero-order chi connectivity index (χ0) is 9.68. The van der Waals surface area contributed by atoms with Gasteiger partial charge in [0, 0.05) is 0 Å². The third kappa shape index (κ3) is 7.34. The molecule has 0 atom stereocenters. The van der Waals surface area contributed by atoms with Gasteiger partial charge < -0.3 is 14.5 Å². The first kappa shape index (κ1) is 17.8. The van der Waals surface area contributed by atoms with Gasteiger partial charge in [-0.05, 0) is 30.0 Å². The van der Waals surface area contributed by atoms with Crippen LogP contribution in [0, 0.1) is 0 Å². The SMILES string of the molecule is C.NC(=O)Cc1ccc(OS[O-])cc1.[K+]. The number of benzene rings is 1. The van der Waals surface area contributed by atoms with Gasteiger partial charge in [-0.25, -0.2) is 0 Å². The van der Waals surface area contributed by atoms with Gasteiger partial charge in [0.15, 0.2) is 0 Å².